The minimum absolute atomic E-state index is 0.118. The van der Waals surface area contributed by atoms with Crippen LogP contribution >= 0.6 is 0 Å². The van der Waals surface area contributed by atoms with Crippen molar-refractivity contribution in [2.45, 2.75) is 38.5 Å². The van der Waals surface area contributed by atoms with Crippen LogP contribution in [0.1, 0.15) is 23.1 Å². The maximum Gasteiger partial charge on any atom is 0.440 e. The fraction of sp³-hybridized carbons (Fsp3) is 0.286. The van der Waals surface area contributed by atoms with Gasteiger partial charge in [-0.05, 0) is 49.1 Å². The minimum Gasteiger partial charge on any atom is -0.317 e. The van der Waals surface area contributed by atoms with E-state index in [0.717, 1.165) is 21.3 Å². The van der Waals surface area contributed by atoms with Crippen molar-refractivity contribution < 1.29 is 22.8 Å². The molecule has 6 nitrogen and oxygen atoms in total. The first-order chi connectivity index (χ1) is 14.1. The van der Waals surface area contributed by atoms with Crippen molar-refractivity contribution >= 4 is 28.8 Å². The number of anilines is 1. The third kappa shape index (κ3) is 3.01. The highest BCUT2D eigenvalue weighted by atomic mass is 19.4. The van der Waals surface area contributed by atoms with Crippen molar-refractivity contribution in [3.05, 3.63) is 59.2 Å². The van der Waals surface area contributed by atoms with Gasteiger partial charge in [-0.1, -0.05) is 30.3 Å². The second kappa shape index (κ2) is 6.86. The molecule has 30 heavy (non-hydrogen) atoms. The molecule has 1 aromatic heterocycles. The van der Waals surface area contributed by atoms with Crippen molar-refractivity contribution in [1.29, 1.82) is 0 Å². The number of nitrogens with one attached hydrogen (secondary N) is 2. The quantitative estimate of drug-likeness (QED) is 0.683. The Bertz CT molecular complexity index is 1150. The van der Waals surface area contributed by atoms with E-state index in [-0.39, 0.29) is 24.3 Å². The summed E-state index contributed by atoms with van der Waals surface area (Å²) in [7, 11) is 0. The largest absolute Gasteiger partial charge is 0.440 e. The van der Waals surface area contributed by atoms with Crippen molar-refractivity contribution in [3.63, 3.8) is 0 Å². The maximum absolute atomic E-state index is 14.3. The van der Waals surface area contributed by atoms with Crippen LogP contribution in [0.3, 0.4) is 0 Å². The van der Waals surface area contributed by atoms with Gasteiger partial charge in [-0.2, -0.15) is 13.2 Å². The number of benzene rings is 2. The average molecular weight is 416 g/mol. The number of carbonyl (C=O) groups excluding carboxylic acids is 2. The highest BCUT2D eigenvalue weighted by Gasteiger charge is 2.67. The van der Waals surface area contributed by atoms with Crippen molar-refractivity contribution in [3.8, 4) is 0 Å². The molecule has 2 aromatic carbocycles. The Kier molecular flexibility index (Phi) is 4.56. The number of rotatable bonds is 4. The fourth-order valence-corrected chi connectivity index (χ4v) is 3.66. The van der Waals surface area contributed by atoms with Gasteiger partial charge in [0.15, 0.2) is 0 Å². The van der Waals surface area contributed by atoms with E-state index in [1.807, 2.05) is 12.2 Å². The number of carbonyl (C=O) groups is 2. The number of halogens is 3. The lowest BCUT2D eigenvalue weighted by molar-refractivity contribution is -0.217. The molecule has 0 bridgehead atoms. The molecule has 0 fully saturated rings. The summed E-state index contributed by atoms with van der Waals surface area (Å²) in [6.07, 6.45) is -5.04. The van der Waals surface area contributed by atoms with Crippen LogP contribution in [0, 0.1) is 13.8 Å². The molecule has 1 unspecified atom stereocenters. The molecule has 2 amide bonds. The second-order valence-electron chi connectivity index (χ2n) is 7.39. The summed E-state index contributed by atoms with van der Waals surface area (Å²) in [5, 5.41) is 4.15. The van der Waals surface area contributed by atoms with Gasteiger partial charge < -0.3 is 5.32 Å². The number of hydrogen-bond donors (Lipinski definition) is 2. The summed E-state index contributed by atoms with van der Waals surface area (Å²) in [4.78, 5) is 29.2. The zero-order valence-corrected chi connectivity index (χ0v) is 16.3. The third-order valence-electron chi connectivity index (χ3n) is 5.37. The van der Waals surface area contributed by atoms with E-state index in [4.69, 9.17) is 0 Å². The maximum atomic E-state index is 14.3. The molecule has 1 atom stereocenters. The molecule has 0 aliphatic carbocycles. The number of fused-ring (bicyclic) bond motifs is 3. The van der Waals surface area contributed by atoms with Crippen LogP contribution in [0.2, 0.25) is 0 Å². The van der Waals surface area contributed by atoms with Crippen LogP contribution in [-0.4, -0.2) is 27.5 Å². The molecule has 0 spiro atoms. The summed E-state index contributed by atoms with van der Waals surface area (Å²) in [5.74, 6) is -2.52. The van der Waals surface area contributed by atoms with Gasteiger partial charge in [0.25, 0.3) is 11.6 Å². The Labute approximate surface area is 170 Å². The summed E-state index contributed by atoms with van der Waals surface area (Å²) in [6, 6.07) is 12.1. The SMILES string of the molecule is Cc1cc2nc3n(c2cc1C)C(NC(=O)CCc1ccccc1)(C(F)(F)F)C(=O)N3. The van der Waals surface area contributed by atoms with E-state index in [1.54, 1.807) is 43.3 Å². The van der Waals surface area contributed by atoms with Crippen molar-refractivity contribution in [2.24, 2.45) is 0 Å². The Morgan fingerprint density at radius 3 is 2.50 bits per heavy atom. The van der Waals surface area contributed by atoms with Gasteiger partial charge in [-0.25, -0.2) is 4.98 Å². The molecule has 3 aromatic rings. The standard InChI is InChI=1S/C21H19F3N4O2/c1-12-10-15-16(11-13(12)2)28-19(25-15)26-18(30)20(28,21(22,23)24)27-17(29)9-8-14-6-4-3-5-7-14/h3-7,10-11H,8-9H2,1-2H3,(H,27,29)(H,25,26,30). The number of nitrogens with zero attached hydrogens (tertiary/aromatic N) is 2. The summed E-state index contributed by atoms with van der Waals surface area (Å²) >= 11 is 0. The Morgan fingerprint density at radius 1 is 1.17 bits per heavy atom. The number of aromatic nitrogens is 2. The van der Waals surface area contributed by atoms with Gasteiger partial charge in [-0.15, -0.1) is 0 Å². The first-order valence-electron chi connectivity index (χ1n) is 9.37. The topological polar surface area (TPSA) is 76.0 Å². The van der Waals surface area contributed by atoms with Gasteiger partial charge in [0.2, 0.25) is 11.9 Å². The van der Waals surface area contributed by atoms with E-state index in [2.05, 4.69) is 10.3 Å². The highest BCUT2D eigenvalue weighted by Crippen LogP contribution is 2.44. The highest BCUT2D eigenvalue weighted by molar-refractivity contribution is 6.05. The minimum atomic E-state index is -5.09. The van der Waals surface area contributed by atoms with Crippen LogP contribution in [-0.2, 0) is 21.7 Å². The monoisotopic (exact) mass is 416 g/mol. The Hall–Kier alpha value is -3.36. The first kappa shape index (κ1) is 19.9. The van der Waals surface area contributed by atoms with Gasteiger partial charge in [0, 0.05) is 6.42 Å². The molecular weight excluding hydrogens is 397 g/mol. The van der Waals surface area contributed by atoms with Crippen LogP contribution in [0.5, 0.6) is 0 Å². The smallest absolute Gasteiger partial charge is 0.317 e. The molecule has 4 rings (SSSR count). The molecule has 1 aliphatic heterocycles. The molecule has 0 saturated heterocycles. The van der Waals surface area contributed by atoms with E-state index < -0.39 is 23.7 Å². The average Bonchev–Trinajstić information content (AvgIpc) is 3.15. The number of alkyl halides is 3. The molecule has 2 heterocycles. The molecule has 0 radical (unpaired) electrons. The fourth-order valence-electron chi connectivity index (χ4n) is 3.66. The van der Waals surface area contributed by atoms with Crippen LogP contribution in [0.4, 0.5) is 19.1 Å². The van der Waals surface area contributed by atoms with Crippen molar-refractivity contribution in [1.82, 2.24) is 14.9 Å². The zero-order chi connectivity index (χ0) is 21.7. The van der Waals surface area contributed by atoms with Gasteiger partial charge >= 0.3 is 6.18 Å². The molecule has 9 heteroatoms. The number of amides is 2. The van der Waals surface area contributed by atoms with Gasteiger partial charge in [0.05, 0.1) is 11.0 Å². The molecule has 0 saturated carbocycles. The Balaban J connectivity index is 1.75. The normalized spacial score (nSPS) is 18.4. The first-order valence-corrected chi connectivity index (χ1v) is 9.37. The summed E-state index contributed by atoms with van der Waals surface area (Å²) in [5.41, 5.74) is -0.421. The summed E-state index contributed by atoms with van der Waals surface area (Å²) in [6.45, 7) is 3.58. The summed E-state index contributed by atoms with van der Waals surface area (Å²) < 4.78 is 43.7. The molecule has 1 aliphatic rings. The van der Waals surface area contributed by atoms with E-state index in [0.29, 0.717) is 5.52 Å². The number of imidazole rings is 1. The number of aryl methyl sites for hydroxylation is 3. The van der Waals surface area contributed by atoms with Crippen LogP contribution < -0.4 is 10.6 Å². The molecule has 2 N–H and O–H groups in total. The zero-order valence-electron chi connectivity index (χ0n) is 16.3. The third-order valence-corrected chi connectivity index (χ3v) is 5.37. The van der Waals surface area contributed by atoms with Gasteiger partial charge in [0.1, 0.15) is 0 Å². The molecule has 156 valence electrons. The molecular formula is C21H19F3N4O2. The van der Waals surface area contributed by atoms with E-state index >= 15 is 0 Å². The lowest BCUT2D eigenvalue weighted by Gasteiger charge is -2.32. The van der Waals surface area contributed by atoms with Crippen LogP contribution in [0.25, 0.3) is 11.0 Å². The van der Waals surface area contributed by atoms with Crippen molar-refractivity contribution in [2.75, 3.05) is 5.32 Å². The van der Waals surface area contributed by atoms with Gasteiger partial charge in [-0.3, -0.25) is 19.5 Å². The second-order valence-corrected chi connectivity index (χ2v) is 7.39. The number of hydrogen-bond acceptors (Lipinski definition) is 3. The predicted octanol–water partition coefficient (Wildman–Crippen LogP) is 3.57. The van der Waals surface area contributed by atoms with Crippen LogP contribution in [0.15, 0.2) is 42.5 Å². The predicted molar refractivity (Wildman–Crippen MR) is 105 cm³/mol. The van der Waals surface area contributed by atoms with E-state index in [1.165, 1.54) is 6.07 Å². The lowest BCUT2D eigenvalue weighted by atomic mass is 10.1. The Morgan fingerprint density at radius 2 is 1.83 bits per heavy atom. The van der Waals surface area contributed by atoms with E-state index in [9.17, 15) is 22.8 Å². The lowest BCUT2D eigenvalue weighted by Crippen LogP contribution is -2.63.